The van der Waals surface area contributed by atoms with Crippen molar-refractivity contribution in [3.8, 4) is 6.07 Å². The lowest BCUT2D eigenvalue weighted by atomic mass is 9.91. The lowest BCUT2D eigenvalue weighted by molar-refractivity contribution is 0.359. The highest BCUT2D eigenvalue weighted by molar-refractivity contribution is 4.92. The summed E-state index contributed by atoms with van der Waals surface area (Å²) in [5, 5.41) is 12.6. The largest absolute Gasteiger partial charge is 0.314 e. The minimum atomic E-state index is -0.172. The second-order valence-electron chi connectivity index (χ2n) is 5.74. The van der Waals surface area contributed by atoms with Crippen molar-refractivity contribution in [3.05, 3.63) is 0 Å². The fourth-order valence-corrected chi connectivity index (χ4v) is 2.30. The summed E-state index contributed by atoms with van der Waals surface area (Å²) in [6.45, 7) is 5.03. The van der Waals surface area contributed by atoms with Crippen LogP contribution in [0.4, 0.5) is 0 Å². The van der Waals surface area contributed by atoms with Crippen LogP contribution in [0.5, 0.6) is 0 Å². The maximum atomic E-state index is 8.94. The number of hydrogen-bond donors (Lipinski definition) is 1. The molecule has 16 heavy (non-hydrogen) atoms. The molecule has 1 saturated carbocycles. The van der Waals surface area contributed by atoms with Crippen LogP contribution in [0.25, 0.3) is 0 Å². The highest BCUT2D eigenvalue weighted by atomic mass is 14.9. The van der Waals surface area contributed by atoms with Gasteiger partial charge in [0.15, 0.2) is 0 Å². The SMILES string of the molecule is CC(C)(C#N)CCNC1CCCCCCC1. The van der Waals surface area contributed by atoms with Gasteiger partial charge in [0.2, 0.25) is 0 Å². The van der Waals surface area contributed by atoms with Gasteiger partial charge in [0.1, 0.15) is 0 Å². The summed E-state index contributed by atoms with van der Waals surface area (Å²) >= 11 is 0. The van der Waals surface area contributed by atoms with Crippen LogP contribution in [0, 0.1) is 16.7 Å². The van der Waals surface area contributed by atoms with Gasteiger partial charge in [0.05, 0.1) is 11.5 Å². The zero-order valence-electron chi connectivity index (χ0n) is 10.9. The van der Waals surface area contributed by atoms with Crippen LogP contribution in [-0.4, -0.2) is 12.6 Å². The lowest BCUT2D eigenvalue weighted by Crippen LogP contribution is -2.32. The minimum absolute atomic E-state index is 0.172. The summed E-state index contributed by atoms with van der Waals surface area (Å²) in [6.07, 6.45) is 10.6. The Morgan fingerprint density at radius 3 is 2.25 bits per heavy atom. The van der Waals surface area contributed by atoms with E-state index in [0.29, 0.717) is 6.04 Å². The molecule has 92 valence electrons. The van der Waals surface area contributed by atoms with Gasteiger partial charge in [-0.25, -0.2) is 0 Å². The van der Waals surface area contributed by atoms with E-state index in [0.717, 1.165) is 13.0 Å². The standard InChI is InChI=1S/C14H26N2/c1-14(2,12-15)10-11-16-13-8-6-4-3-5-7-9-13/h13,16H,3-11H2,1-2H3. The van der Waals surface area contributed by atoms with E-state index in [9.17, 15) is 0 Å². The average Bonchev–Trinajstić information content (AvgIpc) is 2.21. The molecular weight excluding hydrogens is 196 g/mol. The molecule has 0 aliphatic heterocycles. The molecule has 1 aliphatic rings. The summed E-state index contributed by atoms with van der Waals surface area (Å²) in [5.74, 6) is 0. The molecule has 1 N–H and O–H groups in total. The van der Waals surface area contributed by atoms with E-state index in [4.69, 9.17) is 5.26 Å². The average molecular weight is 222 g/mol. The van der Waals surface area contributed by atoms with Crippen LogP contribution in [-0.2, 0) is 0 Å². The zero-order valence-corrected chi connectivity index (χ0v) is 10.9. The summed E-state index contributed by atoms with van der Waals surface area (Å²) in [7, 11) is 0. The van der Waals surface area contributed by atoms with Crippen LogP contribution < -0.4 is 5.32 Å². The fourth-order valence-electron chi connectivity index (χ4n) is 2.30. The van der Waals surface area contributed by atoms with Crippen molar-refractivity contribution in [2.24, 2.45) is 5.41 Å². The molecule has 0 saturated heterocycles. The highest BCUT2D eigenvalue weighted by Crippen LogP contribution is 2.19. The van der Waals surface area contributed by atoms with Crippen LogP contribution in [0.1, 0.15) is 65.2 Å². The first kappa shape index (κ1) is 13.5. The summed E-state index contributed by atoms with van der Waals surface area (Å²) < 4.78 is 0. The van der Waals surface area contributed by atoms with Gasteiger partial charge in [-0.1, -0.05) is 32.1 Å². The third-order valence-corrected chi connectivity index (χ3v) is 3.59. The molecule has 1 aliphatic carbocycles. The van der Waals surface area contributed by atoms with Gasteiger partial charge < -0.3 is 5.32 Å². The monoisotopic (exact) mass is 222 g/mol. The van der Waals surface area contributed by atoms with E-state index in [1.807, 2.05) is 13.8 Å². The minimum Gasteiger partial charge on any atom is -0.314 e. The fraction of sp³-hybridized carbons (Fsp3) is 0.929. The molecule has 2 heteroatoms. The van der Waals surface area contributed by atoms with E-state index in [1.165, 1.54) is 44.9 Å². The molecule has 0 aromatic heterocycles. The quantitative estimate of drug-likeness (QED) is 0.788. The van der Waals surface area contributed by atoms with E-state index in [-0.39, 0.29) is 5.41 Å². The van der Waals surface area contributed by atoms with E-state index < -0.39 is 0 Å². The first-order valence-corrected chi connectivity index (χ1v) is 6.79. The summed E-state index contributed by atoms with van der Waals surface area (Å²) in [4.78, 5) is 0. The smallest absolute Gasteiger partial charge is 0.0684 e. The normalized spacial score (nSPS) is 19.8. The molecule has 0 aromatic rings. The molecule has 0 aromatic carbocycles. The van der Waals surface area contributed by atoms with Gasteiger partial charge in [-0.15, -0.1) is 0 Å². The third kappa shape index (κ3) is 5.51. The molecule has 2 nitrogen and oxygen atoms in total. The molecule has 0 bridgehead atoms. The van der Waals surface area contributed by atoms with E-state index in [1.54, 1.807) is 0 Å². The van der Waals surface area contributed by atoms with Crippen molar-refractivity contribution in [3.63, 3.8) is 0 Å². The molecular formula is C14H26N2. The molecule has 0 atom stereocenters. The van der Waals surface area contributed by atoms with E-state index >= 15 is 0 Å². The number of nitrogens with one attached hydrogen (secondary N) is 1. The lowest BCUT2D eigenvalue weighted by Gasteiger charge is -2.23. The van der Waals surface area contributed by atoms with Gasteiger partial charge >= 0.3 is 0 Å². The third-order valence-electron chi connectivity index (χ3n) is 3.59. The number of nitriles is 1. The Kier molecular flexibility index (Phi) is 5.84. The predicted molar refractivity (Wildman–Crippen MR) is 68.1 cm³/mol. The Balaban J connectivity index is 2.18. The second kappa shape index (κ2) is 6.91. The van der Waals surface area contributed by atoms with Gasteiger partial charge in [-0.05, 0) is 39.7 Å². The maximum Gasteiger partial charge on any atom is 0.0684 e. The Morgan fingerprint density at radius 2 is 1.69 bits per heavy atom. The van der Waals surface area contributed by atoms with Gasteiger partial charge in [0, 0.05) is 6.04 Å². The maximum absolute atomic E-state index is 8.94. The first-order valence-electron chi connectivity index (χ1n) is 6.79. The number of rotatable bonds is 4. The zero-order chi connectivity index (χ0) is 11.9. The Hall–Kier alpha value is -0.550. The first-order chi connectivity index (χ1) is 7.64. The van der Waals surface area contributed by atoms with Gasteiger partial charge in [-0.2, -0.15) is 5.26 Å². The predicted octanol–water partition coefficient (Wildman–Crippen LogP) is 3.63. The van der Waals surface area contributed by atoms with Crippen molar-refractivity contribution in [1.82, 2.24) is 5.32 Å². The van der Waals surface area contributed by atoms with Gasteiger partial charge in [0.25, 0.3) is 0 Å². The Morgan fingerprint density at radius 1 is 1.12 bits per heavy atom. The Labute approximate surface area is 100 Å². The molecule has 1 rings (SSSR count). The van der Waals surface area contributed by atoms with Crippen molar-refractivity contribution < 1.29 is 0 Å². The molecule has 0 heterocycles. The van der Waals surface area contributed by atoms with Crippen LogP contribution in [0.2, 0.25) is 0 Å². The number of nitrogens with zero attached hydrogens (tertiary/aromatic N) is 1. The molecule has 0 spiro atoms. The van der Waals surface area contributed by atoms with Crippen molar-refractivity contribution in [2.75, 3.05) is 6.54 Å². The van der Waals surface area contributed by atoms with Crippen LogP contribution in [0.3, 0.4) is 0 Å². The highest BCUT2D eigenvalue weighted by Gasteiger charge is 2.17. The summed E-state index contributed by atoms with van der Waals surface area (Å²) in [5.41, 5.74) is -0.172. The molecule has 0 amide bonds. The van der Waals surface area contributed by atoms with Crippen molar-refractivity contribution in [2.45, 2.75) is 71.3 Å². The number of hydrogen-bond acceptors (Lipinski definition) is 2. The summed E-state index contributed by atoms with van der Waals surface area (Å²) in [6, 6.07) is 3.06. The van der Waals surface area contributed by atoms with E-state index in [2.05, 4.69) is 11.4 Å². The second-order valence-corrected chi connectivity index (χ2v) is 5.74. The Bertz CT molecular complexity index is 219. The van der Waals surface area contributed by atoms with Crippen LogP contribution >= 0.6 is 0 Å². The molecule has 0 radical (unpaired) electrons. The van der Waals surface area contributed by atoms with Crippen molar-refractivity contribution >= 4 is 0 Å². The topological polar surface area (TPSA) is 35.8 Å². The van der Waals surface area contributed by atoms with Gasteiger partial charge in [-0.3, -0.25) is 0 Å². The van der Waals surface area contributed by atoms with Crippen LogP contribution in [0.15, 0.2) is 0 Å². The van der Waals surface area contributed by atoms with Crippen molar-refractivity contribution in [1.29, 1.82) is 5.26 Å². The molecule has 1 fully saturated rings. The molecule has 0 unspecified atom stereocenters.